The average molecular weight is 506 g/mol. The first kappa shape index (κ1) is 25.1. The van der Waals surface area contributed by atoms with Crippen molar-refractivity contribution >= 4 is 17.5 Å². The van der Waals surface area contributed by atoms with E-state index in [0.29, 0.717) is 41.6 Å². The fourth-order valence-electron chi connectivity index (χ4n) is 5.10. The second-order valence-electron chi connectivity index (χ2n) is 9.83. The Bertz CT molecular complexity index is 1220. The molecule has 2 aromatic carbocycles. The summed E-state index contributed by atoms with van der Waals surface area (Å²) < 4.78 is 18.6. The van der Waals surface area contributed by atoms with E-state index in [-0.39, 0.29) is 23.5 Å². The number of carbonyl (C=O) groups excluding carboxylic acids is 2. The second-order valence-corrected chi connectivity index (χ2v) is 9.83. The van der Waals surface area contributed by atoms with Gasteiger partial charge in [-0.25, -0.2) is 4.39 Å². The van der Waals surface area contributed by atoms with Crippen LogP contribution in [0, 0.1) is 11.7 Å². The van der Waals surface area contributed by atoms with Gasteiger partial charge in [-0.05, 0) is 68.6 Å². The van der Waals surface area contributed by atoms with E-state index < -0.39 is 0 Å². The highest BCUT2D eigenvalue weighted by Gasteiger charge is 2.28. The Balaban J connectivity index is 1.21. The highest BCUT2D eigenvalue weighted by atomic mass is 19.1. The van der Waals surface area contributed by atoms with Crippen LogP contribution in [0.4, 0.5) is 10.1 Å². The van der Waals surface area contributed by atoms with Crippen LogP contribution in [0.1, 0.15) is 54.8 Å². The molecule has 5 rings (SSSR count). The van der Waals surface area contributed by atoms with Crippen LogP contribution < -0.4 is 5.32 Å². The Hall–Kier alpha value is -3.59. The van der Waals surface area contributed by atoms with E-state index in [0.717, 1.165) is 58.2 Å². The van der Waals surface area contributed by atoms with Gasteiger partial charge in [0.25, 0.3) is 5.91 Å². The number of halogens is 1. The molecule has 1 aromatic heterocycles. The molecular formula is C28H32FN5O3. The van der Waals surface area contributed by atoms with E-state index in [4.69, 9.17) is 4.52 Å². The number of aromatic nitrogens is 2. The van der Waals surface area contributed by atoms with Crippen molar-refractivity contribution in [2.75, 3.05) is 31.5 Å². The Morgan fingerprint density at radius 2 is 1.73 bits per heavy atom. The van der Waals surface area contributed by atoms with E-state index in [9.17, 15) is 14.0 Å². The standard InChI is InChI=1S/C28H32FN5O3/c29-22-13-11-20(12-14-22)26-31-25(37-32-26)19-33-15-7-8-21(18-33)27(35)30-24-10-4-3-9-23(24)28(36)34-16-5-1-2-6-17-34/h3-4,9-14,21H,1-2,5-8,15-19H2,(H,30,35). The number of para-hydroxylation sites is 1. The number of nitrogens with one attached hydrogen (secondary N) is 1. The first-order chi connectivity index (χ1) is 18.1. The minimum Gasteiger partial charge on any atom is -0.339 e. The molecule has 8 nitrogen and oxygen atoms in total. The lowest BCUT2D eigenvalue weighted by atomic mass is 9.96. The highest BCUT2D eigenvalue weighted by molar-refractivity contribution is 6.04. The third-order valence-corrected chi connectivity index (χ3v) is 7.11. The quantitative estimate of drug-likeness (QED) is 0.520. The van der Waals surface area contributed by atoms with Crippen molar-refractivity contribution in [1.29, 1.82) is 0 Å². The average Bonchev–Trinajstić information content (AvgIpc) is 3.20. The highest BCUT2D eigenvalue weighted by Crippen LogP contribution is 2.24. The summed E-state index contributed by atoms with van der Waals surface area (Å²) in [6.07, 6.45) is 5.98. The van der Waals surface area contributed by atoms with Crippen molar-refractivity contribution in [3.8, 4) is 11.4 Å². The zero-order chi connectivity index (χ0) is 25.6. The van der Waals surface area contributed by atoms with Gasteiger partial charge in [-0.3, -0.25) is 14.5 Å². The maximum Gasteiger partial charge on any atom is 0.255 e. The van der Waals surface area contributed by atoms with Crippen molar-refractivity contribution in [2.24, 2.45) is 5.92 Å². The molecule has 0 radical (unpaired) electrons. The molecule has 0 bridgehead atoms. The summed E-state index contributed by atoms with van der Waals surface area (Å²) in [6.45, 7) is 3.33. The predicted molar refractivity (Wildman–Crippen MR) is 137 cm³/mol. The molecule has 2 saturated heterocycles. The van der Waals surface area contributed by atoms with Crippen LogP contribution >= 0.6 is 0 Å². The van der Waals surface area contributed by atoms with Gasteiger partial charge >= 0.3 is 0 Å². The van der Waals surface area contributed by atoms with Gasteiger partial charge in [-0.1, -0.05) is 30.1 Å². The summed E-state index contributed by atoms with van der Waals surface area (Å²) in [4.78, 5) is 35.0. The van der Waals surface area contributed by atoms with Crippen LogP contribution in [0.5, 0.6) is 0 Å². The second kappa shape index (κ2) is 11.6. The maximum absolute atomic E-state index is 13.2. The number of hydrogen-bond acceptors (Lipinski definition) is 6. The van der Waals surface area contributed by atoms with Crippen molar-refractivity contribution in [2.45, 2.75) is 45.1 Å². The number of carbonyl (C=O) groups is 2. The third kappa shape index (κ3) is 6.22. The lowest BCUT2D eigenvalue weighted by molar-refractivity contribution is -0.121. The molecule has 194 valence electrons. The third-order valence-electron chi connectivity index (χ3n) is 7.11. The van der Waals surface area contributed by atoms with E-state index in [2.05, 4.69) is 20.4 Å². The van der Waals surface area contributed by atoms with E-state index in [1.807, 2.05) is 17.0 Å². The Morgan fingerprint density at radius 3 is 2.51 bits per heavy atom. The van der Waals surface area contributed by atoms with Gasteiger partial charge in [0.15, 0.2) is 0 Å². The molecule has 2 fully saturated rings. The molecule has 2 aliphatic heterocycles. The summed E-state index contributed by atoms with van der Waals surface area (Å²) in [7, 11) is 0. The largest absolute Gasteiger partial charge is 0.339 e. The smallest absolute Gasteiger partial charge is 0.255 e. The minimum atomic E-state index is -0.320. The summed E-state index contributed by atoms with van der Waals surface area (Å²) in [5, 5.41) is 7.05. The molecule has 3 heterocycles. The lowest BCUT2D eigenvalue weighted by Crippen LogP contribution is -2.40. The van der Waals surface area contributed by atoms with Crippen LogP contribution in [0.3, 0.4) is 0 Å². The van der Waals surface area contributed by atoms with Crippen LogP contribution in [0.25, 0.3) is 11.4 Å². The zero-order valence-corrected chi connectivity index (χ0v) is 20.9. The topological polar surface area (TPSA) is 91.6 Å². The normalized spacial score (nSPS) is 18.8. The molecule has 0 saturated carbocycles. The monoisotopic (exact) mass is 505 g/mol. The molecule has 9 heteroatoms. The van der Waals surface area contributed by atoms with Crippen molar-refractivity contribution in [3.05, 3.63) is 65.8 Å². The van der Waals surface area contributed by atoms with Gasteiger partial charge in [-0.2, -0.15) is 4.98 Å². The number of amides is 2. The van der Waals surface area contributed by atoms with E-state index in [1.165, 1.54) is 12.1 Å². The molecule has 1 unspecified atom stereocenters. The summed E-state index contributed by atoms with van der Waals surface area (Å²) >= 11 is 0. The minimum absolute atomic E-state index is 0.0172. The maximum atomic E-state index is 13.2. The summed E-state index contributed by atoms with van der Waals surface area (Å²) in [5.41, 5.74) is 1.80. The Labute approximate surface area is 215 Å². The fraction of sp³-hybridized carbons (Fsp3) is 0.429. The molecular weight excluding hydrogens is 473 g/mol. The van der Waals surface area contributed by atoms with Crippen molar-refractivity contribution in [1.82, 2.24) is 19.9 Å². The molecule has 1 atom stereocenters. The first-order valence-electron chi connectivity index (χ1n) is 13.1. The number of hydrogen-bond donors (Lipinski definition) is 1. The number of likely N-dealkylation sites (tertiary alicyclic amines) is 2. The van der Waals surface area contributed by atoms with Crippen LogP contribution in [0.2, 0.25) is 0 Å². The van der Waals surface area contributed by atoms with Crippen LogP contribution in [0.15, 0.2) is 53.1 Å². The predicted octanol–water partition coefficient (Wildman–Crippen LogP) is 4.74. The van der Waals surface area contributed by atoms with Crippen LogP contribution in [-0.2, 0) is 11.3 Å². The van der Waals surface area contributed by atoms with Gasteiger partial charge in [0.1, 0.15) is 5.82 Å². The van der Waals surface area contributed by atoms with E-state index in [1.54, 1.807) is 24.3 Å². The Kier molecular flexibility index (Phi) is 7.89. The molecule has 1 N–H and O–H groups in total. The number of nitrogens with zero attached hydrogens (tertiary/aromatic N) is 4. The molecule has 2 amide bonds. The van der Waals surface area contributed by atoms with Gasteiger partial charge in [0, 0.05) is 25.2 Å². The van der Waals surface area contributed by atoms with Gasteiger partial charge in [0.2, 0.25) is 17.6 Å². The van der Waals surface area contributed by atoms with E-state index >= 15 is 0 Å². The zero-order valence-electron chi connectivity index (χ0n) is 20.9. The van der Waals surface area contributed by atoms with Gasteiger partial charge in [-0.15, -0.1) is 0 Å². The summed E-state index contributed by atoms with van der Waals surface area (Å²) in [5.74, 6) is 0.226. The molecule has 3 aromatic rings. The number of benzene rings is 2. The van der Waals surface area contributed by atoms with Crippen molar-refractivity contribution < 1.29 is 18.5 Å². The molecule has 37 heavy (non-hydrogen) atoms. The number of anilines is 1. The molecule has 0 spiro atoms. The molecule has 0 aliphatic carbocycles. The first-order valence-corrected chi connectivity index (χ1v) is 13.1. The van der Waals surface area contributed by atoms with Crippen molar-refractivity contribution in [3.63, 3.8) is 0 Å². The van der Waals surface area contributed by atoms with Crippen LogP contribution in [-0.4, -0.2) is 57.9 Å². The number of rotatable bonds is 6. The lowest BCUT2D eigenvalue weighted by Gasteiger charge is -2.31. The van der Waals surface area contributed by atoms with Gasteiger partial charge in [0.05, 0.1) is 23.7 Å². The summed E-state index contributed by atoms with van der Waals surface area (Å²) in [6, 6.07) is 13.2. The fourth-order valence-corrected chi connectivity index (χ4v) is 5.10. The number of piperidine rings is 1. The van der Waals surface area contributed by atoms with Gasteiger partial charge < -0.3 is 14.7 Å². The molecule has 2 aliphatic rings. The Morgan fingerprint density at radius 1 is 0.973 bits per heavy atom. The SMILES string of the molecule is O=C(Nc1ccccc1C(=O)N1CCCCCC1)C1CCCN(Cc2nc(-c3ccc(F)cc3)no2)C1.